The standard InChI is InChI=1S/C21H22F2N4O/c1-13-7-20(28-2)14(9-24-13)10-25-16-4-6-21-26-19(12-27(21)11-16)17-5-3-15(22)8-18(17)23/h3,5,7-9,12,16,25H,4,6,10-11H2,1-2H3. The van der Waals surface area contributed by atoms with Crippen LogP contribution in [0.5, 0.6) is 5.75 Å². The number of ether oxygens (including phenoxy) is 1. The van der Waals surface area contributed by atoms with Gasteiger partial charge in [0.25, 0.3) is 0 Å². The minimum Gasteiger partial charge on any atom is -0.496 e. The van der Waals surface area contributed by atoms with Crippen molar-refractivity contribution in [2.45, 2.75) is 38.9 Å². The number of pyridine rings is 1. The predicted octanol–water partition coefficient (Wildman–Crippen LogP) is 3.64. The molecule has 5 nitrogen and oxygen atoms in total. The highest BCUT2D eigenvalue weighted by atomic mass is 19.1. The molecule has 1 aliphatic rings. The average molecular weight is 384 g/mol. The van der Waals surface area contributed by atoms with E-state index >= 15 is 0 Å². The highest BCUT2D eigenvalue weighted by Crippen LogP contribution is 2.26. The van der Waals surface area contributed by atoms with Gasteiger partial charge < -0.3 is 14.6 Å². The van der Waals surface area contributed by atoms with E-state index in [4.69, 9.17) is 4.74 Å². The molecule has 0 saturated carbocycles. The molecule has 1 aliphatic heterocycles. The fourth-order valence-electron chi connectivity index (χ4n) is 3.58. The van der Waals surface area contributed by atoms with Crippen LogP contribution in [0.3, 0.4) is 0 Å². The van der Waals surface area contributed by atoms with Gasteiger partial charge in [0.05, 0.1) is 12.8 Å². The van der Waals surface area contributed by atoms with Crippen molar-refractivity contribution in [1.29, 1.82) is 0 Å². The Morgan fingerprint density at radius 3 is 2.93 bits per heavy atom. The lowest BCUT2D eigenvalue weighted by Crippen LogP contribution is -2.36. The molecule has 0 saturated heterocycles. The van der Waals surface area contributed by atoms with Crippen molar-refractivity contribution in [1.82, 2.24) is 19.9 Å². The van der Waals surface area contributed by atoms with Gasteiger partial charge in [0.1, 0.15) is 23.2 Å². The summed E-state index contributed by atoms with van der Waals surface area (Å²) in [6, 6.07) is 5.77. The number of rotatable bonds is 5. The molecule has 3 aromatic rings. The van der Waals surface area contributed by atoms with Gasteiger partial charge in [-0.05, 0) is 25.5 Å². The maximum atomic E-state index is 14.1. The molecule has 1 aromatic carbocycles. The SMILES string of the molecule is COc1cc(C)ncc1CNC1CCc2nc(-c3ccc(F)cc3F)cn2C1. The number of aromatic nitrogens is 3. The Morgan fingerprint density at radius 1 is 1.29 bits per heavy atom. The lowest BCUT2D eigenvalue weighted by molar-refractivity contribution is 0.369. The van der Waals surface area contributed by atoms with Crippen molar-refractivity contribution < 1.29 is 13.5 Å². The number of halogens is 2. The van der Waals surface area contributed by atoms with Crippen molar-refractivity contribution in [2.24, 2.45) is 0 Å². The molecule has 0 radical (unpaired) electrons. The van der Waals surface area contributed by atoms with Crippen molar-refractivity contribution in [3.63, 3.8) is 0 Å². The van der Waals surface area contributed by atoms with Crippen LogP contribution >= 0.6 is 0 Å². The molecule has 2 aromatic heterocycles. The minimum absolute atomic E-state index is 0.263. The van der Waals surface area contributed by atoms with E-state index in [1.54, 1.807) is 7.11 Å². The molecular formula is C21H22F2N4O. The fourth-order valence-corrected chi connectivity index (χ4v) is 3.58. The second kappa shape index (κ2) is 7.67. The minimum atomic E-state index is -0.593. The summed E-state index contributed by atoms with van der Waals surface area (Å²) in [7, 11) is 1.66. The summed E-state index contributed by atoms with van der Waals surface area (Å²) in [5.74, 6) is 0.569. The summed E-state index contributed by atoms with van der Waals surface area (Å²) in [4.78, 5) is 8.89. The third-order valence-electron chi connectivity index (χ3n) is 5.08. The summed E-state index contributed by atoms with van der Waals surface area (Å²) in [5, 5.41) is 3.55. The maximum Gasteiger partial charge on any atom is 0.135 e. The van der Waals surface area contributed by atoms with Crippen molar-refractivity contribution in [3.8, 4) is 17.0 Å². The highest BCUT2D eigenvalue weighted by Gasteiger charge is 2.22. The van der Waals surface area contributed by atoms with Gasteiger partial charge in [0.15, 0.2) is 0 Å². The van der Waals surface area contributed by atoms with Crippen LogP contribution in [0.25, 0.3) is 11.3 Å². The van der Waals surface area contributed by atoms with E-state index in [1.165, 1.54) is 12.1 Å². The zero-order chi connectivity index (χ0) is 19.7. The van der Waals surface area contributed by atoms with E-state index in [2.05, 4.69) is 15.3 Å². The Hall–Kier alpha value is -2.80. The second-order valence-electron chi connectivity index (χ2n) is 7.07. The molecule has 146 valence electrons. The largest absolute Gasteiger partial charge is 0.496 e. The Morgan fingerprint density at radius 2 is 2.14 bits per heavy atom. The molecule has 0 bridgehead atoms. The Kier molecular flexibility index (Phi) is 5.09. The van der Waals surface area contributed by atoms with Crippen LogP contribution in [0, 0.1) is 18.6 Å². The van der Waals surface area contributed by atoms with Gasteiger partial charge in [-0.15, -0.1) is 0 Å². The quantitative estimate of drug-likeness (QED) is 0.730. The van der Waals surface area contributed by atoms with Crippen LogP contribution in [0.1, 0.15) is 23.5 Å². The van der Waals surface area contributed by atoms with E-state index < -0.39 is 11.6 Å². The monoisotopic (exact) mass is 384 g/mol. The normalized spacial score (nSPS) is 16.1. The maximum absolute atomic E-state index is 14.1. The van der Waals surface area contributed by atoms with Crippen LogP contribution in [0.2, 0.25) is 0 Å². The van der Waals surface area contributed by atoms with Crippen LogP contribution in [0.4, 0.5) is 8.78 Å². The highest BCUT2D eigenvalue weighted by molar-refractivity contribution is 5.59. The van der Waals surface area contributed by atoms with Crippen molar-refractivity contribution in [2.75, 3.05) is 7.11 Å². The van der Waals surface area contributed by atoms with Gasteiger partial charge in [-0.1, -0.05) is 0 Å². The van der Waals surface area contributed by atoms with E-state index in [0.29, 0.717) is 17.8 Å². The number of nitrogens with one attached hydrogen (secondary N) is 1. The van der Waals surface area contributed by atoms with Gasteiger partial charge in [-0.3, -0.25) is 4.98 Å². The molecule has 0 amide bonds. The molecule has 28 heavy (non-hydrogen) atoms. The van der Waals surface area contributed by atoms with Gasteiger partial charge >= 0.3 is 0 Å². The average Bonchev–Trinajstić information content (AvgIpc) is 3.09. The fraction of sp³-hybridized carbons (Fsp3) is 0.333. The van der Waals surface area contributed by atoms with E-state index in [9.17, 15) is 8.78 Å². The molecule has 3 heterocycles. The Bertz CT molecular complexity index is 1000. The summed E-state index contributed by atoms with van der Waals surface area (Å²) in [5.41, 5.74) is 2.79. The lowest BCUT2D eigenvalue weighted by Gasteiger charge is -2.25. The number of methoxy groups -OCH3 is 1. The van der Waals surface area contributed by atoms with Gasteiger partial charge in [-0.25, -0.2) is 13.8 Å². The molecular weight excluding hydrogens is 362 g/mol. The molecule has 1 N–H and O–H groups in total. The third-order valence-corrected chi connectivity index (χ3v) is 5.08. The molecule has 1 unspecified atom stereocenters. The summed E-state index contributed by atoms with van der Waals surface area (Å²) in [6.07, 6.45) is 5.41. The number of benzene rings is 1. The number of nitrogens with zero attached hydrogens (tertiary/aromatic N) is 3. The topological polar surface area (TPSA) is 52.0 Å². The molecule has 4 rings (SSSR count). The molecule has 0 spiro atoms. The predicted molar refractivity (Wildman–Crippen MR) is 102 cm³/mol. The van der Waals surface area contributed by atoms with E-state index in [0.717, 1.165) is 48.3 Å². The molecule has 0 aliphatic carbocycles. The first-order chi connectivity index (χ1) is 13.5. The first-order valence-electron chi connectivity index (χ1n) is 9.28. The Balaban J connectivity index is 1.46. The molecule has 1 atom stereocenters. The third kappa shape index (κ3) is 3.75. The lowest BCUT2D eigenvalue weighted by atomic mass is 10.1. The second-order valence-corrected chi connectivity index (χ2v) is 7.07. The number of imidazole rings is 1. The zero-order valence-electron chi connectivity index (χ0n) is 15.9. The van der Waals surface area contributed by atoms with Crippen molar-refractivity contribution >= 4 is 0 Å². The summed E-state index contributed by atoms with van der Waals surface area (Å²) < 4.78 is 34.7. The summed E-state index contributed by atoms with van der Waals surface area (Å²) >= 11 is 0. The molecule has 7 heteroatoms. The summed E-state index contributed by atoms with van der Waals surface area (Å²) in [6.45, 7) is 3.33. The van der Waals surface area contributed by atoms with E-state index in [-0.39, 0.29) is 6.04 Å². The van der Waals surface area contributed by atoms with Crippen LogP contribution < -0.4 is 10.1 Å². The first-order valence-corrected chi connectivity index (χ1v) is 9.28. The smallest absolute Gasteiger partial charge is 0.135 e. The first kappa shape index (κ1) is 18.6. The number of fused-ring (bicyclic) bond motifs is 1. The Labute approximate surface area is 162 Å². The van der Waals surface area contributed by atoms with Gasteiger partial charge in [0.2, 0.25) is 0 Å². The number of hydrogen-bond donors (Lipinski definition) is 1. The van der Waals surface area contributed by atoms with Crippen molar-refractivity contribution in [3.05, 3.63) is 65.4 Å². The van der Waals surface area contributed by atoms with Crippen LogP contribution in [0.15, 0.2) is 36.7 Å². The van der Waals surface area contributed by atoms with E-state index in [1.807, 2.05) is 30.0 Å². The van der Waals surface area contributed by atoms with Crippen LogP contribution in [-0.2, 0) is 19.5 Å². The van der Waals surface area contributed by atoms with Gasteiger partial charge in [0, 0.05) is 66.9 Å². The number of aryl methyl sites for hydroxylation is 2. The van der Waals surface area contributed by atoms with Crippen LogP contribution in [-0.4, -0.2) is 27.7 Å². The molecule has 0 fully saturated rings. The zero-order valence-corrected chi connectivity index (χ0v) is 15.9. The van der Waals surface area contributed by atoms with Gasteiger partial charge in [-0.2, -0.15) is 0 Å². The number of hydrogen-bond acceptors (Lipinski definition) is 4.